The largest absolute Gasteiger partial charge is 0.497 e. The lowest BCUT2D eigenvalue weighted by atomic mass is 10.1. The van der Waals surface area contributed by atoms with Crippen molar-refractivity contribution in [3.05, 3.63) is 23.8 Å². The van der Waals surface area contributed by atoms with Crippen LogP contribution in [-0.2, 0) is 16.4 Å². The summed E-state index contributed by atoms with van der Waals surface area (Å²) in [6, 6.07) is 5.25. The third-order valence-electron chi connectivity index (χ3n) is 3.53. The molecule has 0 spiro atoms. The van der Waals surface area contributed by atoms with Gasteiger partial charge in [0.2, 0.25) is 10.0 Å². The summed E-state index contributed by atoms with van der Waals surface area (Å²) in [5.41, 5.74) is 6.32. The zero-order valence-corrected chi connectivity index (χ0v) is 12.8. The molecule has 0 heterocycles. The van der Waals surface area contributed by atoms with Crippen LogP contribution in [0.4, 0.5) is 0 Å². The number of nitrogens with zero attached hydrogens (tertiary/aromatic N) is 1. The van der Waals surface area contributed by atoms with Gasteiger partial charge in [0, 0.05) is 12.6 Å². The second-order valence-electron chi connectivity index (χ2n) is 4.95. The maximum atomic E-state index is 12.8. The molecule has 1 aliphatic carbocycles. The van der Waals surface area contributed by atoms with Crippen LogP contribution >= 0.6 is 0 Å². The van der Waals surface area contributed by atoms with Crippen molar-refractivity contribution < 1.29 is 13.2 Å². The van der Waals surface area contributed by atoms with Crippen LogP contribution in [0.1, 0.15) is 25.3 Å². The number of benzene rings is 1. The van der Waals surface area contributed by atoms with Gasteiger partial charge in [-0.15, -0.1) is 0 Å². The molecule has 0 aromatic heterocycles. The molecule has 1 fully saturated rings. The van der Waals surface area contributed by atoms with E-state index in [4.69, 9.17) is 10.5 Å². The molecule has 2 N–H and O–H groups in total. The molecule has 1 aromatic rings. The summed E-state index contributed by atoms with van der Waals surface area (Å²) in [5, 5.41) is 0. The second kappa shape index (κ2) is 6.11. The van der Waals surface area contributed by atoms with Gasteiger partial charge >= 0.3 is 0 Å². The quantitative estimate of drug-likeness (QED) is 0.825. The van der Waals surface area contributed by atoms with Gasteiger partial charge < -0.3 is 10.5 Å². The highest BCUT2D eigenvalue weighted by Gasteiger charge is 2.37. The highest BCUT2D eigenvalue weighted by atomic mass is 32.2. The molecule has 0 radical (unpaired) electrons. The molecule has 20 heavy (non-hydrogen) atoms. The third-order valence-corrected chi connectivity index (χ3v) is 5.66. The molecule has 1 aliphatic rings. The van der Waals surface area contributed by atoms with E-state index in [2.05, 4.69) is 0 Å². The summed E-state index contributed by atoms with van der Waals surface area (Å²) in [7, 11) is -1.88. The molecule has 1 saturated carbocycles. The first-order chi connectivity index (χ1) is 9.54. The van der Waals surface area contributed by atoms with E-state index in [1.54, 1.807) is 29.6 Å². The molecule has 5 nitrogen and oxygen atoms in total. The molecule has 0 aliphatic heterocycles. The topological polar surface area (TPSA) is 72.6 Å². The maximum absolute atomic E-state index is 12.8. The van der Waals surface area contributed by atoms with Crippen molar-refractivity contribution in [1.82, 2.24) is 4.31 Å². The maximum Gasteiger partial charge on any atom is 0.243 e. The smallest absolute Gasteiger partial charge is 0.243 e. The van der Waals surface area contributed by atoms with Gasteiger partial charge in [-0.25, -0.2) is 8.42 Å². The monoisotopic (exact) mass is 298 g/mol. The van der Waals surface area contributed by atoms with Gasteiger partial charge in [0.25, 0.3) is 0 Å². The molecule has 0 saturated heterocycles. The van der Waals surface area contributed by atoms with Crippen molar-refractivity contribution in [3.8, 4) is 5.75 Å². The molecule has 0 bridgehead atoms. The Labute approximate surface area is 120 Å². The number of rotatable bonds is 7. The standard InChI is InChI=1S/C14H22N2O3S/c1-3-16(12-4-5-12)20(17,18)14-7-6-13(19-2)10-11(14)8-9-15/h6-7,10,12H,3-5,8-9,15H2,1-2H3. The Bertz CT molecular complexity index is 568. The van der Waals surface area contributed by atoms with Crippen LogP contribution < -0.4 is 10.5 Å². The third kappa shape index (κ3) is 2.97. The summed E-state index contributed by atoms with van der Waals surface area (Å²) in [6.07, 6.45) is 2.43. The molecular weight excluding hydrogens is 276 g/mol. The summed E-state index contributed by atoms with van der Waals surface area (Å²) in [6.45, 7) is 2.79. The predicted molar refractivity (Wildman–Crippen MR) is 78.3 cm³/mol. The van der Waals surface area contributed by atoms with Gasteiger partial charge in [-0.2, -0.15) is 4.31 Å². The average molecular weight is 298 g/mol. The van der Waals surface area contributed by atoms with Crippen LogP contribution in [0.15, 0.2) is 23.1 Å². The van der Waals surface area contributed by atoms with Gasteiger partial charge in [-0.3, -0.25) is 0 Å². The van der Waals surface area contributed by atoms with Crippen molar-refractivity contribution in [2.24, 2.45) is 5.73 Å². The molecule has 0 amide bonds. The summed E-state index contributed by atoms with van der Waals surface area (Å²) in [4.78, 5) is 0.359. The molecule has 1 aromatic carbocycles. The fourth-order valence-corrected chi connectivity index (χ4v) is 4.33. The molecule has 0 atom stereocenters. The Kier molecular flexibility index (Phi) is 4.67. The number of methoxy groups -OCH3 is 1. The van der Waals surface area contributed by atoms with E-state index in [0.29, 0.717) is 30.2 Å². The van der Waals surface area contributed by atoms with Crippen LogP contribution in [-0.4, -0.2) is 39.0 Å². The highest BCUT2D eigenvalue weighted by molar-refractivity contribution is 7.89. The van der Waals surface area contributed by atoms with E-state index in [1.165, 1.54) is 0 Å². The number of nitrogens with two attached hydrogens (primary N) is 1. The van der Waals surface area contributed by atoms with Crippen LogP contribution in [0.5, 0.6) is 5.75 Å². The Morgan fingerprint density at radius 3 is 2.60 bits per heavy atom. The van der Waals surface area contributed by atoms with Gasteiger partial charge in [-0.1, -0.05) is 6.92 Å². The normalized spacial score (nSPS) is 15.6. The van der Waals surface area contributed by atoms with Gasteiger partial charge in [-0.05, 0) is 49.6 Å². The second-order valence-corrected chi connectivity index (χ2v) is 6.81. The van der Waals surface area contributed by atoms with E-state index in [9.17, 15) is 8.42 Å². The van der Waals surface area contributed by atoms with Crippen LogP contribution in [0.2, 0.25) is 0 Å². The van der Waals surface area contributed by atoms with E-state index >= 15 is 0 Å². The molecule has 112 valence electrons. The lowest BCUT2D eigenvalue weighted by molar-refractivity contribution is 0.411. The summed E-state index contributed by atoms with van der Waals surface area (Å²) in [5.74, 6) is 0.655. The van der Waals surface area contributed by atoms with E-state index in [0.717, 1.165) is 18.4 Å². The lowest BCUT2D eigenvalue weighted by Gasteiger charge is -2.22. The van der Waals surface area contributed by atoms with Crippen molar-refractivity contribution in [2.75, 3.05) is 20.2 Å². The van der Waals surface area contributed by atoms with Crippen molar-refractivity contribution in [1.29, 1.82) is 0 Å². The SMILES string of the molecule is CCN(C1CC1)S(=O)(=O)c1ccc(OC)cc1CCN. The molecule has 0 unspecified atom stereocenters. The lowest BCUT2D eigenvalue weighted by Crippen LogP contribution is -2.33. The Balaban J connectivity index is 2.44. The number of hydrogen-bond acceptors (Lipinski definition) is 4. The van der Waals surface area contributed by atoms with E-state index in [1.807, 2.05) is 6.92 Å². The molecule has 2 rings (SSSR count). The van der Waals surface area contributed by atoms with Gasteiger partial charge in [0.05, 0.1) is 12.0 Å². The average Bonchev–Trinajstić information content (AvgIpc) is 3.24. The summed E-state index contributed by atoms with van der Waals surface area (Å²) < 4.78 is 32.3. The summed E-state index contributed by atoms with van der Waals surface area (Å²) >= 11 is 0. The first kappa shape index (κ1) is 15.3. The van der Waals surface area contributed by atoms with Crippen LogP contribution in [0, 0.1) is 0 Å². The van der Waals surface area contributed by atoms with E-state index in [-0.39, 0.29) is 6.04 Å². The minimum atomic E-state index is -3.44. The van der Waals surface area contributed by atoms with Crippen molar-refractivity contribution >= 4 is 10.0 Å². The van der Waals surface area contributed by atoms with Crippen molar-refractivity contribution in [2.45, 2.75) is 37.1 Å². The molecular formula is C14H22N2O3S. The zero-order valence-electron chi connectivity index (χ0n) is 12.0. The van der Waals surface area contributed by atoms with Gasteiger partial charge in [0.1, 0.15) is 5.75 Å². The van der Waals surface area contributed by atoms with Crippen LogP contribution in [0.25, 0.3) is 0 Å². The first-order valence-corrected chi connectivity index (χ1v) is 8.37. The fraction of sp³-hybridized carbons (Fsp3) is 0.571. The Morgan fingerprint density at radius 2 is 2.10 bits per heavy atom. The Morgan fingerprint density at radius 1 is 1.40 bits per heavy atom. The highest BCUT2D eigenvalue weighted by Crippen LogP contribution is 2.33. The minimum Gasteiger partial charge on any atom is -0.497 e. The zero-order chi connectivity index (χ0) is 14.8. The van der Waals surface area contributed by atoms with Crippen molar-refractivity contribution in [3.63, 3.8) is 0 Å². The number of ether oxygens (including phenoxy) is 1. The fourth-order valence-electron chi connectivity index (χ4n) is 2.40. The minimum absolute atomic E-state index is 0.165. The van der Waals surface area contributed by atoms with Gasteiger partial charge in [0.15, 0.2) is 0 Å². The first-order valence-electron chi connectivity index (χ1n) is 6.93. The van der Waals surface area contributed by atoms with Crippen LogP contribution in [0.3, 0.4) is 0 Å². The molecule has 6 heteroatoms. The number of sulfonamides is 1. The Hall–Kier alpha value is -1.11. The number of hydrogen-bond donors (Lipinski definition) is 1. The van der Waals surface area contributed by atoms with E-state index < -0.39 is 10.0 Å². The predicted octanol–water partition coefficient (Wildman–Crippen LogP) is 1.37.